The minimum atomic E-state index is 0.609. The summed E-state index contributed by atoms with van der Waals surface area (Å²) in [6.07, 6.45) is 2.68. The predicted molar refractivity (Wildman–Crippen MR) is 132 cm³/mol. The number of nitrogens with zero attached hydrogens (tertiary/aromatic N) is 3. The molecule has 1 aliphatic heterocycles. The van der Waals surface area contributed by atoms with Crippen LogP contribution >= 0.6 is 0 Å². The van der Waals surface area contributed by atoms with Crippen molar-refractivity contribution < 1.29 is 18.9 Å². The second kappa shape index (κ2) is 10.2. The summed E-state index contributed by atoms with van der Waals surface area (Å²) in [5, 5.41) is 1.89. The van der Waals surface area contributed by atoms with E-state index in [1.807, 2.05) is 55.5 Å². The molecule has 0 amide bonds. The SMILES string of the molecule is COc1cc2c(Oc3cc4ccccc4nc3C)ccnc2cc1OCCCN1CCOCC1. The second-order valence-electron chi connectivity index (χ2n) is 8.35. The molecule has 7 nitrogen and oxygen atoms in total. The topological polar surface area (TPSA) is 65.9 Å². The van der Waals surface area contributed by atoms with Crippen LogP contribution < -0.4 is 14.2 Å². The molecule has 0 radical (unpaired) electrons. The van der Waals surface area contributed by atoms with Gasteiger partial charge in [0.15, 0.2) is 11.5 Å². The van der Waals surface area contributed by atoms with Crippen molar-refractivity contribution in [3.8, 4) is 23.0 Å². The van der Waals surface area contributed by atoms with Crippen LogP contribution in [-0.2, 0) is 4.74 Å². The van der Waals surface area contributed by atoms with Crippen LogP contribution in [0.15, 0.2) is 54.7 Å². The van der Waals surface area contributed by atoms with Crippen molar-refractivity contribution in [2.45, 2.75) is 13.3 Å². The minimum absolute atomic E-state index is 0.609. The molecule has 1 saturated heterocycles. The van der Waals surface area contributed by atoms with Crippen molar-refractivity contribution in [3.05, 3.63) is 60.4 Å². The number of fused-ring (bicyclic) bond motifs is 2. The Balaban J connectivity index is 1.35. The van der Waals surface area contributed by atoms with Crippen molar-refractivity contribution in [1.82, 2.24) is 14.9 Å². The first-order valence-corrected chi connectivity index (χ1v) is 11.6. The number of morpholine rings is 1. The number of hydrogen-bond donors (Lipinski definition) is 0. The van der Waals surface area contributed by atoms with Crippen molar-refractivity contribution >= 4 is 21.8 Å². The van der Waals surface area contributed by atoms with Crippen LogP contribution in [0.3, 0.4) is 0 Å². The number of para-hydroxylation sites is 1. The normalized spacial score (nSPS) is 14.4. The summed E-state index contributed by atoms with van der Waals surface area (Å²) in [5.41, 5.74) is 2.56. The lowest BCUT2D eigenvalue weighted by Crippen LogP contribution is -2.37. The first-order chi connectivity index (χ1) is 16.7. The summed E-state index contributed by atoms with van der Waals surface area (Å²) < 4.78 is 23.4. The van der Waals surface area contributed by atoms with Crippen LogP contribution in [0, 0.1) is 6.92 Å². The van der Waals surface area contributed by atoms with E-state index >= 15 is 0 Å². The summed E-state index contributed by atoms with van der Waals surface area (Å²) >= 11 is 0. The first kappa shape index (κ1) is 22.4. The number of hydrogen-bond acceptors (Lipinski definition) is 7. The van der Waals surface area contributed by atoms with Gasteiger partial charge in [-0.2, -0.15) is 0 Å². The maximum Gasteiger partial charge on any atom is 0.163 e. The molecular formula is C27H29N3O4. The van der Waals surface area contributed by atoms with Crippen LogP contribution in [0.4, 0.5) is 0 Å². The van der Waals surface area contributed by atoms with E-state index in [1.54, 1.807) is 13.3 Å². The van der Waals surface area contributed by atoms with Gasteiger partial charge in [-0.3, -0.25) is 9.88 Å². The second-order valence-corrected chi connectivity index (χ2v) is 8.35. The zero-order valence-corrected chi connectivity index (χ0v) is 19.6. The van der Waals surface area contributed by atoms with Crippen LogP contribution in [0.2, 0.25) is 0 Å². The van der Waals surface area contributed by atoms with E-state index in [0.717, 1.165) is 66.8 Å². The summed E-state index contributed by atoms with van der Waals surface area (Å²) in [5.74, 6) is 2.76. The van der Waals surface area contributed by atoms with Crippen LogP contribution in [-0.4, -0.2) is 61.4 Å². The fourth-order valence-corrected chi connectivity index (χ4v) is 4.20. The van der Waals surface area contributed by atoms with Gasteiger partial charge in [0.25, 0.3) is 0 Å². The molecule has 0 N–H and O–H groups in total. The monoisotopic (exact) mass is 459 g/mol. The third-order valence-corrected chi connectivity index (χ3v) is 6.05. The molecule has 1 fully saturated rings. The van der Waals surface area contributed by atoms with E-state index in [2.05, 4.69) is 14.9 Å². The van der Waals surface area contributed by atoms with Gasteiger partial charge in [-0.25, -0.2) is 4.98 Å². The van der Waals surface area contributed by atoms with Crippen molar-refractivity contribution in [1.29, 1.82) is 0 Å². The summed E-state index contributed by atoms with van der Waals surface area (Å²) in [6.45, 7) is 7.14. The predicted octanol–water partition coefficient (Wildman–Crippen LogP) is 4.99. The first-order valence-electron chi connectivity index (χ1n) is 11.6. The van der Waals surface area contributed by atoms with Gasteiger partial charge >= 0.3 is 0 Å². The zero-order valence-electron chi connectivity index (χ0n) is 19.6. The highest BCUT2D eigenvalue weighted by Crippen LogP contribution is 2.38. The molecule has 2 aromatic heterocycles. The lowest BCUT2D eigenvalue weighted by atomic mass is 10.1. The smallest absolute Gasteiger partial charge is 0.163 e. The molecule has 5 rings (SSSR count). The molecule has 4 aromatic rings. The van der Waals surface area contributed by atoms with Gasteiger partial charge in [-0.05, 0) is 37.6 Å². The molecule has 0 atom stereocenters. The molecule has 34 heavy (non-hydrogen) atoms. The van der Waals surface area contributed by atoms with Gasteiger partial charge in [-0.15, -0.1) is 0 Å². The molecule has 1 aliphatic rings. The van der Waals surface area contributed by atoms with Gasteiger partial charge in [-0.1, -0.05) is 18.2 Å². The van der Waals surface area contributed by atoms with E-state index in [1.165, 1.54) is 0 Å². The van der Waals surface area contributed by atoms with Crippen molar-refractivity contribution in [2.24, 2.45) is 0 Å². The molecule has 2 aromatic carbocycles. The van der Waals surface area contributed by atoms with Crippen LogP contribution in [0.5, 0.6) is 23.0 Å². The molecule has 0 aliphatic carbocycles. The third-order valence-electron chi connectivity index (χ3n) is 6.05. The van der Waals surface area contributed by atoms with Crippen molar-refractivity contribution in [2.75, 3.05) is 46.6 Å². The van der Waals surface area contributed by atoms with E-state index in [-0.39, 0.29) is 0 Å². The Morgan fingerprint density at radius 2 is 1.79 bits per heavy atom. The molecule has 0 saturated carbocycles. The summed E-state index contributed by atoms with van der Waals surface area (Å²) in [4.78, 5) is 11.6. The van der Waals surface area contributed by atoms with Crippen LogP contribution in [0.1, 0.15) is 12.1 Å². The Labute approximate surface area is 199 Å². The third kappa shape index (κ3) is 4.90. The van der Waals surface area contributed by atoms with Crippen LogP contribution in [0.25, 0.3) is 21.8 Å². The quantitative estimate of drug-likeness (QED) is 0.344. The highest BCUT2D eigenvalue weighted by Gasteiger charge is 2.14. The fraction of sp³-hybridized carbons (Fsp3) is 0.333. The van der Waals surface area contributed by atoms with Gasteiger partial charge in [0.1, 0.15) is 11.5 Å². The highest BCUT2D eigenvalue weighted by atomic mass is 16.5. The standard InChI is InChI=1S/C27H29N3O4/c1-19-25(16-20-6-3-4-7-22(20)29-19)34-24-8-9-28-23-18-27(26(31-2)17-21(23)24)33-13-5-10-30-11-14-32-15-12-30/h3-4,6-9,16-18H,5,10-15H2,1-2H3. The number of aryl methyl sites for hydroxylation is 1. The Hall–Kier alpha value is -3.42. The Bertz CT molecular complexity index is 1290. The maximum atomic E-state index is 6.32. The van der Waals surface area contributed by atoms with Crippen molar-refractivity contribution in [3.63, 3.8) is 0 Å². The van der Waals surface area contributed by atoms with E-state index < -0.39 is 0 Å². The van der Waals surface area contributed by atoms with Gasteiger partial charge in [0.2, 0.25) is 0 Å². The molecule has 0 unspecified atom stereocenters. The Morgan fingerprint density at radius 3 is 2.65 bits per heavy atom. The summed E-state index contributed by atoms with van der Waals surface area (Å²) in [6, 6.07) is 15.7. The number of ether oxygens (including phenoxy) is 4. The number of methoxy groups -OCH3 is 1. The average Bonchev–Trinajstić information content (AvgIpc) is 2.87. The summed E-state index contributed by atoms with van der Waals surface area (Å²) in [7, 11) is 1.65. The number of benzene rings is 2. The molecule has 3 heterocycles. The zero-order chi connectivity index (χ0) is 23.3. The minimum Gasteiger partial charge on any atom is -0.493 e. The molecular weight excluding hydrogens is 430 g/mol. The lowest BCUT2D eigenvalue weighted by molar-refractivity contribution is 0.0357. The number of aromatic nitrogens is 2. The highest BCUT2D eigenvalue weighted by molar-refractivity contribution is 5.88. The Morgan fingerprint density at radius 1 is 0.941 bits per heavy atom. The van der Waals surface area contributed by atoms with Gasteiger partial charge in [0, 0.05) is 42.7 Å². The van der Waals surface area contributed by atoms with E-state index in [9.17, 15) is 0 Å². The maximum absolute atomic E-state index is 6.32. The Kier molecular flexibility index (Phi) is 6.74. The number of rotatable bonds is 8. The average molecular weight is 460 g/mol. The van der Waals surface area contributed by atoms with Gasteiger partial charge < -0.3 is 18.9 Å². The molecule has 0 bridgehead atoms. The lowest BCUT2D eigenvalue weighted by Gasteiger charge is -2.26. The van der Waals surface area contributed by atoms with E-state index in [4.69, 9.17) is 18.9 Å². The fourth-order valence-electron chi connectivity index (χ4n) is 4.20. The van der Waals surface area contributed by atoms with Gasteiger partial charge in [0.05, 0.1) is 43.7 Å². The molecule has 0 spiro atoms. The number of pyridine rings is 2. The van der Waals surface area contributed by atoms with E-state index in [0.29, 0.717) is 29.6 Å². The molecule has 7 heteroatoms. The largest absolute Gasteiger partial charge is 0.493 e. The molecule has 176 valence electrons.